The lowest BCUT2D eigenvalue weighted by Crippen LogP contribution is -2.07. The number of esters is 1. The van der Waals surface area contributed by atoms with Gasteiger partial charge in [-0.2, -0.15) is 5.10 Å². The summed E-state index contributed by atoms with van der Waals surface area (Å²) in [5.41, 5.74) is 4.93. The minimum atomic E-state index is -0.316. The number of hydrogen-bond donors (Lipinski definition) is 1. The van der Waals surface area contributed by atoms with Crippen molar-refractivity contribution in [3.63, 3.8) is 0 Å². The molecule has 168 valence electrons. The van der Waals surface area contributed by atoms with E-state index in [4.69, 9.17) is 37.4 Å². The topological polar surface area (TPSA) is 82.0 Å². The van der Waals surface area contributed by atoms with Crippen LogP contribution in [0.4, 0.5) is 5.13 Å². The first-order valence-corrected chi connectivity index (χ1v) is 11.3. The van der Waals surface area contributed by atoms with Crippen LogP contribution in [0.1, 0.15) is 23.7 Å². The lowest BCUT2D eigenvalue weighted by molar-refractivity contribution is -0.142. The number of anilines is 1. The van der Waals surface area contributed by atoms with Crippen LogP contribution < -0.4 is 14.9 Å². The van der Waals surface area contributed by atoms with E-state index in [1.54, 1.807) is 43.8 Å². The number of benzene rings is 2. The van der Waals surface area contributed by atoms with Crippen LogP contribution >= 0.6 is 34.5 Å². The van der Waals surface area contributed by atoms with E-state index >= 15 is 0 Å². The van der Waals surface area contributed by atoms with E-state index in [-0.39, 0.29) is 19.0 Å². The minimum Gasteiger partial charge on any atom is -0.493 e. The quantitative estimate of drug-likeness (QED) is 0.225. The van der Waals surface area contributed by atoms with Gasteiger partial charge in [-0.15, -0.1) is 11.3 Å². The molecule has 0 radical (unpaired) electrons. The van der Waals surface area contributed by atoms with E-state index in [1.807, 2.05) is 18.2 Å². The molecule has 0 saturated heterocycles. The van der Waals surface area contributed by atoms with Crippen molar-refractivity contribution in [2.75, 3.05) is 19.1 Å². The van der Waals surface area contributed by atoms with Crippen LogP contribution in [0.15, 0.2) is 46.9 Å². The highest BCUT2D eigenvalue weighted by atomic mass is 35.5. The van der Waals surface area contributed by atoms with Gasteiger partial charge in [-0.25, -0.2) is 4.98 Å². The van der Waals surface area contributed by atoms with E-state index in [9.17, 15) is 4.79 Å². The molecule has 10 heteroatoms. The largest absolute Gasteiger partial charge is 0.493 e. The summed E-state index contributed by atoms with van der Waals surface area (Å²) in [5, 5.41) is 7.55. The lowest BCUT2D eigenvalue weighted by Gasteiger charge is -2.13. The maximum Gasteiger partial charge on any atom is 0.311 e. The standard InChI is InChI=1S/C22H21Cl2N3O4S/c1-3-30-21(28)9-16-13-32-22(26-16)27-25-11-15-8-19(29-2)20(10-18(15)24)31-12-14-6-4-5-7-17(14)23/h4-8,10-11,13H,3,9,12H2,1-2H3,(H,26,27). The van der Waals surface area contributed by atoms with Gasteiger partial charge in [-0.1, -0.05) is 41.4 Å². The summed E-state index contributed by atoms with van der Waals surface area (Å²) in [4.78, 5) is 15.8. The fourth-order valence-corrected chi connectivity index (χ4v) is 3.70. The molecule has 0 aliphatic carbocycles. The average Bonchev–Trinajstić information content (AvgIpc) is 3.21. The molecule has 0 atom stereocenters. The smallest absolute Gasteiger partial charge is 0.311 e. The Hall–Kier alpha value is -2.81. The number of hydrazone groups is 1. The van der Waals surface area contributed by atoms with Crippen molar-refractivity contribution in [2.45, 2.75) is 20.0 Å². The molecule has 3 aromatic rings. The van der Waals surface area contributed by atoms with Crippen LogP contribution in [-0.2, 0) is 22.6 Å². The van der Waals surface area contributed by atoms with Crippen molar-refractivity contribution in [3.8, 4) is 11.5 Å². The predicted molar refractivity (Wildman–Crippen MR) is 127 cm³/mol. The number of carbonyl (C=O) groups excluding carboxylic acids is 1. The Kier molecular flexibility index (Phi) is 8.72. The van der Waals surface area contributed by atoms with Gasteiger partial charge in [0, 0.05) is 27.6 Å². The molecule has 0 unspecified atom stereocenters. The fraction of sp³-hybridized carbons (Fsp3) is 0.227. The third-order valence-electron chi connectivity index (χ3n) is 4.17. The molecule has 2 aromatic carbocycles. The Morgan fingerprint density at radius 1 is 1.22 bits per heavy atom. The van der Waals surface area contributed by atoms with E-state index < -0.39 is 0 Å². The Morgan fingerprint density at radius 2 is 2.03 bits per heavy atom. The zero-order valence-electron chi connectivity index (χ0n) is 17.4. The highest BCUT2D eigenvalue weighted by Crippen LogP contribution is 2.33. The molecular formula is C22H21Cl2N3O4S. The van der Waals surface area contributed by atoms with Crippen LogP contribution in [0.3, 0.4) is 0 Å². The van der Waals surface area contributed by atoms with Crippen molar-refractivity contribution < 1.29 is 19.0 Å². The summed E-state index contributed by atoms with van der Waals surface area (Å²) < 4.78 is 16.2. The summed E-state index contributed by atoms with van der Waals surface area (Å²) in [6, 6.07) is 10.8. The number of methoxy groups -OCH3 is 1. The molecular weight excluding hydrogens is 473 g/mol. The number of aromatic nitrogens is 1. The molecule has 0 aliphatic heterocycles. The second-order valence-electron chi connectivity index (χ2n) is 6.40. The molecule has 3 rings (SSSR count). The summed E-state index contributed by atoms with van der Waals surface area (Å²) in [6.07, 6.45) is 1.67. The van der Waals surface area contributed by atoms with Gasteiger partial charge in [0.05, 0.1) is 37.1 Å². The first-order valence-electron chi connectivity index (χ1n) is 9.63. The zero-order chi connectivity index (χ0) is 22.9. The van der Waals surface area contributed by atoms with Gasteiger partial charge >= 0.3 is 5.97 Å². The monoisotopic (exact) mass is 493 g/mol. The van der Waals surface area contributed by atoms with E-state index in [0.29, 0.717) is 44.5 Å². The maximum atomic E-state index is 11.5. The van der Waals surface area contributed by atoms with Gasteiger partial charge in [0.15, 0.2) is 11.5 Å². The molecule has 7 nitrogen and oxygen atoms in total. The van der Waals surface area contributed by atoms with Crippen LogP contribution in [0.5, 0.6) is 11.5 Å². The molecule has 0 bridgehead atoms. The van der Waals surface area contributed by atoms with Crippen LogP contribution in [0.25, 0.3) is 0 Å². The molecule has 32 heavy (non-hydrogen) atoms. The first kappa shape index (κ1) is 23.8. The molecule has 0 fully saturated rings. The van der Waals surface area contributed by atoms with Crippen LogP contribution in [-0.4, -0.2) is 30.9 Å². The van der Waals surface area contributed by atoms with Crippen molar-refractivity contribution >= 4 is 51.9 Å². The van der Waals surface area contributed by atoms with Gasteiger partial charge in [0.2, 0.25) is 5.13 Å². The molecule has 0 spiro atoms. The van der Waals surface area contributed by atoms with Gasteiger partial charge in [-0.05, 0) is 19.1 Å². The van der Waals surface area contributed by atoms with E-state index in [2.05, 4.69) is 15.5 Å². The highest BCUT2D eigenvalue weighted by Gasteiger charge is 2.11. The Morgan fingerprint density at radius 3 is 2.78 bits per heavy atom. The third kappa shape index (κ3) is 6.59. The number of thiazole rings is 1. The summed E-state index contributed by atoms with van der Waals surface area (Å²) in [5.74, 6) is 0.684. The number of carbonyl (C=O) groups is 1. The highest BCUT2D eigenvalue weighted by molar-refractivity contribution is 7.13. The molecule has 0 amide bonds. The second kappa shape index (κ2) is 11.7. The number of ether oxygens (including phenoxy) is 3. The summed E-state index contributed by atoms with van der Waals surface area (Å²) >= 11 is 13.9. The van der Waals surface area contributed by atoms with Crippen molar-refractivity contribution in [2.24, 2.45) is 5.10 Å². The van der Waals surface area contributed by atoms with Gasteiger partial charge in [0.1, 0.15) is 6.61 Å². The predicted octanol–water partition coefficient (Wildman–Crippen LogP) is 5.59. The SMILES string of the molecule is CCOC(=O)Cc1csc(NN=Cc2cc(OC)c(OCc3ccccc3Cl)cc2Cl)n1. The van der Waals surface area contributed by atoms with E-state index in [0.717, 1.165) is 5.56 Å². The molecule has 1 aromatic heterocycles. The number of hydrogen-bond acceptors (Lipinski definition) is 8. The zero-order valence-corrected chi connectivity index (χ0v) is 19.8. The number of nitrogens with one attached hydrogen (secondary N) is 1. The lowest BCUT2D eigenvalue weighted by atomic mass is 10.2. The van der Waals surface area contributed by atoms with E-state index in [1.165, 1.54) is 11.3 Å². The number of rotatable bonds is 10. The Labute approximate surface area is 199 Å². The Bertz CT molecular complexity index is 1100. The number of nitrogens with zero attached hydrogens (tertiary/aromatic N) is 2. The molecule has 0 aliphatic rings. The third-order valence-corrected chi connectivity index (χ3v) is 5.66. The average molecular weight is 494 g/mol. The van der Waals surface area contributed by atoms with Crippen LogP contribution in [0, 0.1) is 0 Å². The number of halogens is 2. The molecule has 1 heterocycles. The second-order valence-corrected chi connectivity index (χ2v) is 8.07. The van der Waals surface area contributed by atoms with Gasteiger partial charge in [-0.3, -0.25) is 10.2 Å². The normalized spacial score (nSPS) is 10.9. The molecule has 1 N–H and O–H groups in total. The maximum absolute atomic E-state index is 11.5. The summed E-state index contributed by atoms with van der Waals surface area (Å²) in [7, 11) is 1.55. The summed E-state index contributed by atoms with van der Waals surface area (Å²) in [6.45, 7) is 2.38. The van der Waals surface area contributed by atoms with Gasteiger partial charge < -0.3 is 14.2 Å². The minimum absolute atomic E-state index is 0.119. The van der Waals surface area contributed by atoms with Crippen molar-refractivity contribution in [1.29, 1.82) is 0 Å². The Balaban J connectivity index is 1.64. The van der Waals surface area contributed by atoms with Crippen molar-refractivity contribution in [1.82, 2.24) is 4.98 Å². The van der Waals surface area contributed by atoms with Crippen LogP contribution in [0.2, 0.25) is 10.0 Å². The van der Waals surface area contributed by atoms with Gasteiger partial charge in [0.25, 0.3) is 0 Å². The molecule has 0 saturated carbocycles. The first-order chi connectivity index (χ1) is 15.5. The fourth-order valence-electron chi connectivity index (χ4n) is 2.65. The van der Waals surface area contributed by atoms with Crippen molar-refractivity contribution in [3.05, 3.63) is 68.6 Å².